The lowest BCUT2D eigenvalue weighted by molar-refractivity contribution is -0.131. The quantitative estimate of drug-likeness (QED) is 0.565. The summed E-state index contributed by atoms with van der Waals surface area (Å²) in [6.45, 7) is 3.33. The Hall–Kier alpha value is -2.38. The van der Waals surface area contributed by atoms with Gasteiger partial charge in [-0.1, -0.05) is 0 Å². The van der Waals surface area contributed by atoms with E-state index < -0.39 is 0 Å². The molecule has 2 aliphatic rings. The highest BCUT2D eigenvalue weighted by Crippen LogP contribution is 2.18. The zero-order chi connectivity index (χ0) is 16.1. The number of rotatable bonds is 5. The van der Waals surface area contributed by atoms with E-state index in [4.69, 9.17) is 5.73 Å². The molecule has 3 rings (SSSR count). The largest absolute Gasteiger partial charge is 0.370 e. The van der Waals surface area contributed by atoms with Crippen LogP contribution < -0.4 is 16.0 Å². The van der Waals surface area contributed by atoms with E-state index in [1.165, 1.54) is 0 Å². The van der Waals surface area contributed by atoms with Crippen LogP contribution in [-0.2, 0) is 4.79 Å². The monoisotopic (exact) mass is 317 g/mol. The Morgan fingerprint density at radius 3 is 2.61 bits per heavy atom. The number of guanidine groups is 1. The Balaban J connectivity index is 1.39. The number of amides is 1. The summed E-state index contributed by atoms with van der Waals surface area (Å²) >= 11 is 0. The fourth-order valence-electron chi connectivity index (χ4n) is 2.52. The van der Waals surface area contributed by atoms with Crippen LogP contribution in [0.1, 0.15) is 19.3 Å². The summed E-state index contributed by atoms with van der Waals surface area (Å²) in [6, 6.07) is 2.29. The standard InChI is InChI=1S/C15H23N7O/c16-14(20-12-2-3-12)17-7-4-13(23)21-8-10-22(11-9-21)15-18-5-1-6-19-15/h1,5-6,12H,2-4,7-11H2,(H3,16,17,20). The van der Waals surface area contributed by atoms with Crippen molar-refractivity contribution in [2.24, 2.45) is 10.7 Å². The first-order chi connectivity index (χ1) is 11.2. The third kappa shape index (κ3) is 4.54. The highest BCUT2D eigenvalue weighted by molar-refractivity contribution is 5.80. The normalized spacial score (nSPS) is 18.9. The molecule has 1 aromatic heterocycles. The van der Waals surface area contributed by atoms with E-state index in [9.17, 15) is 4.79 Å². The minimum Gasteiger partial charge on any atom is -0.370 e. The summed E-state index contributed by atoms with van der Waals surface area (Å²) in [6.07, 6.45) is 6.18. The fourth-order valence-corrected chi connectivity index (χ4v) is 2.52. The van der Waals surface area contributed by atoms with Gasteiger partial charge in [-0.15, -0.1) is 0 Å². The van der Waals surface area contributed by atoms with Crippen LogP contribution in [0.4, 0.5) is 5.95 Å². The van der Waals surface area contributed by atoms with Crippen LogP contribution in [0.15, 0.2) is 23.5 Å². The van der Waals surface area contributed by atoms with Gasteiger partial charge < -0.3 is 20.9 Å². The van der Waals surface area contributed by atoms with Crippen LogP contribution in [0.2, 0.25) is 0 Å². The Morgan fingerprint density at radius 2 is 1.96 bits per heavy atom. The number of nitrogens with one attached hydrogen (secondary N) is 1. The average Bonchev–Trinajstić information content (AvgIpc) is 3.39. The Morgan fingerprint density at radius 1 is 1.26 bits per heavy atom. The first kappa shape index (κ1) is 15.5. The maximum atomic E-state index is 12.2. The molecule has 0 bridgehead atoms. The van der Waals surface area contributed by atoms with Crippen molar-refractivity contribution in [1.82, 2.24) is 20.2 Å². The molecule has 1 saturated heterocycles. The van der Waals surface area contributed by atoms with E-state index in [0.717, 1.165) is 31.9 Å². The molecular formula is C15H23N7O. The highest BCUT2D eigenvalue weighted by atomic mass is 16.2. The number of piperazine rings is 1. The number of hydrogen-bond acceptors (Lipinski definition) is 5. The van der Waals surface area contributed by atoms with Gasteiger partial charge in [-0.3, -0.25) is 9.79 Å². The first-order valence-corrected chi connectivity index (χ1v) is 8.08. The van der Waals surface area contributed by atoms with E-state index in [-0.39, 0.29) is 5.91 Å². The van der Waals surface area contributed by atoms with Crippen LogP contribution >= 0.6 is 0 Å². The number of nitrogens with zero attached hydrogens (tertiary/aromatic N) is 5. The molecule has 0 aromatic carbocycles. The van der Waals surface area contributed by atoms with E-state index in [1.54, 1.807) is 18.5 Å². The number of aromatic nitrogens is 2. The number of carbonyl (C=O) groups is 1. The van der Waals surface area contributed by atoms with Crippen molar-refractivity contribution >= 4 is 17.8 Å². The number of hydrogen-bond donors (Lipinski definition) is 2. The summed E-state index contributed by atoms with van der Waals surface area (Å²) in [4.78, 5) is 28.9. The lowest BCUT2D eigenvalue weighted by Gasteiger charge is -2.34. The Bertz CT molecular complexity index is 550. The van der Waals surface area contributed by atoms with Crippen molar-refractivity contribution in [2.75, 3.05) is 37.6 Å². The highest BCUT2D eigenvalue weighted by Gasteiger charge is 2.23. The predicted molar refractivity (Wildman–Crippen MR) is 88.1 cm³/mol. The smallest absolute Gasteiger partial charge is 0.225 e. The molecule has 0 atom stereocenters. The van der Waals surface area contributed by atoms with Crippen molar-refractivity contribution in [1.29, 1.82) is 0 Å². The van der Waals surface area contributed by atoms with Crippen LogP contribution in [0.3, 0.4) is 0 Å². The molecule has 3 N–H and O–H groups in total. The third-order valence-electron chi connectivity index (χ3n) is 4.00. The summed E-state index contributed by atoms with van der Waals surface area (Å²) in [5, 5.41) is 3.11. The van der Waals surface area contributed by atoms with E-state index in [2.05, 4.69) is 25.2 Å². The zero-order valence-corrected chi connectivity index (χ0v) is 13.2. The zero-order valence-electron chi connectivity index (χ0n) is 13.2. The molecule has 2 fully saturated rings. The number of carbonyl (C=O) groups excluding carboxylic acids is 1. The van der Waals surface area contributed by atoms with Crippen molar-refractivity contribution in [2.45, 2.75) is 25.3 Å². The second-order valence-electron chi connectivity index (χ2n) is 5.85. The number of nitrogens with two attached hydrogens (primary N) is 1. The Kier molecular flexibility index (Phi) is 4.89. The van der Waals surface area contributed by atoms with Crippen LogP contribution in [0, 0.1) is 0 Å². The molecule has 0 spiro atoms. The summed E-state index contributed by atoms with van der Waals surface area (Å²) in [5.41, 5.74) is 5.76. The molecule has 23 heavy (non-hydrogen) atoms. The maximum absolute atomic E-state index is 12.2. The van der Waals surface area contributed by atoms with Crippen LogP contribution in [-0.4, -0.2) is 65.5 Å². The summed E-state index contributed by atoms with van der Waals surface area (Å²) < 4.78 is 0. The molecule has 8 heteroatoms. The van der Waals surface area contributed by atoms with Crippen molar-refractivity contribution in [3.63, 3.8) is 0 Å². The van der Waals surface area contributed by atoms with Gasteiger partial charge in [0.25, 0.3) is 0 Å². The van der Waals surface area contributed by atoms with E-state index in [0.29, 0.717) is 38.1 Å². The molecule has 124 valence electrons. The second kappa shape index (κ2) is 7.26. The first-order valence-electron chi connectivity index (χ1n) is 8.08. The van der Waals surface area contributed by atoms with Gasteiger partial charge in [-0.2, -0.15) is 0 Å². The van der Waals surface area contributed by atoms with Gasteiger partial charge in [0, 0.05) is 51.0 Å². The van der Waals surface area contributed by atoms with Gasteiger partial charge >= 0.3 is 0 Å². The summed E-state index contributed by atoms with van der Waals surface area (Å²) in [7, 11) is 0. The molecule has 1 aromatic rings. The lowest BCUT2D eigenvalue weighted by Crippen LogP contribution is -2.49. The van der Waals surface area contributed by atoms with Gasteiger partial charge in [0.2, 0.25) is 11.9 Å². The topological polar surface area (TPSA) is 99.7 Å². The number of anilines is 1. The SMILES string of the molecule is NC(=NCCC(=O)N1CCN(c2ncccn2)CC1)NC1CC1. The summed E-state index contributed by atoms with van der Waals surface area (Å²) in [5.74, 6) is 1.30. The molecular weight excluding hydrogens is 294 g/mol. The fraction of sp³-hybridized carbons (Fsp3) is 0.600. The minimum atomic E-state index is 0.126. The van der Waals surface area contributed by atoms with Crippen molar-refractivity contribution < 1.29 is 4.79 Å². The average molecular weight is 317 g/mol. The Labute approximate surface area is 135 Å². The van der Waals surface area contributed by atoms with Gasteiger partial charge in [0.15, 0.2) is 5.96 Å². The lowest BCUT2D eigenvalue weighted by atomic mass is 10.3. The van der Waals surface area contributed by atoms with Crippen LogP contribution in [0.5, 0.6) is 0 Å². The van der Waals surface area contributed by atoms with Gasteiger partial charge in [0.1, 0.15) is 0 Å². The molecule has 0 unspecified atom stereocenters. The maximum Gasteiger partial charge on any atom is 0.225 e. The molecule has 1 aliphatic heterocycles. The minimum absolute atomic E-state index is 0.126. The predicted octanol–water partition coefficient (Wildman–Crippen LogP) is -0.418. The van der Waals surface area contributed by atoms with Gasteiger partial charge in [-0.05, 0) is 18.9 Å². The van der Waals surface area contributed by atoms with E-state index in [1.807, 2.05) is 4.90 Å². The van der Waals surface area contributed by atoms with Gasteiger partial charge in [-0.25, -0.2) is 9.97 Å². The van der Waals surface area contributed by atoms with Crippen molar-refractivity contribution in [3.8, 4) is 0 Å². The molecule has 0 radical (unpaired) electrons. The van der Waals surface area contributed by atoms with Crippen LogP contribution in [0.25, 0.3) is 0 Å². The van der Waals surface area contributed by atoms with Crippen molar-refractivity contribution in [3.05, 3.63) is 18.5 Å². The second-order valence-corrected chi connectivity index (χ2v) is 5.85. The van der Waals surface area contributed by atoms with Gasteiger partial charge in [0.05, 0.1) is 6.54 Å². The number of aliphatic imine (C=N–C) groups is 1. The van der Waals surface area contributed by atoms with E-state index >= 15 is 0 Å². The third-order valence-corrected chi connectivity index (χ3v) is 4.00. The molecule has 1 saturated carbocycles. The molecule has 1 aliphatic carbocycles. The molecule has 1 amide bonds. The molecule has 8 nitrogen and oxygen atoms in total. The molecule has 2 heterocycles.